The van der Waals surface area contributed by atoms with Crippen molar-refractivity contribution in [2.45, 2.75) is 25.1 Å². The van der Waals surface area contributed by atoms with Gasteiger partial charge in [0.15, 0.2) is 0 Å². The van der Waals surface area contributed by atoms with Gasteiger partial charge in [-0.25, -0.2) is 0 Å². The number of hydrogen-bond donors (Lipinski definition) is 1. The summed E-state index contributed by atoms with van der Waals surface area (Å²) in [5, 5.41) is 3.40. The van der Waals surface area contributed by atoms with Gasteiger partial charge < -0.3 is 10.2 Å². The van der Waals surface area contributed by atoms with Crippen molar-refractivity contribution in [1.82, 2.24) is 10.2 Å². The van der Waals surface area contributed by atoms with Crippen LogP contribution in [0.1, 0.15) is 28.8 Å². The Morgan fingerprint density at radius 1 is 1.19 bits per heavy atom. The van der Waals surface area contributed by atoms with Crippen LogP contribution in [0.3, 0.4) is 0 Å². The number of halogens is 3. The van der Waals surface area contributed by atoms with Crippen molar-refractivity contribution in [2.24, 2.45) is 5.92 Å². The Morgan fingerprint density at radius 2 is 1.90 bits per heavy atom. The fourth-order valence-electron chi connectivity index (χ4n) is 3.20. The molecule has 6 heteroatoms. The zero-order chi connectivity index (χ0) is 15.0. The molecule has 2 saturated heterocycles. The summed E-state index contributed by atoms with van der Waals surface area (Å²) >= 11 is 0. The van der Waals surface area contributed by atoms with Crippen molar-refractivity contribution in [3.8, 4) is 0 Å². The van der Waals surface area contributed by atoms with Gasteiger partial charge in [0.2, 0.25) is 0 Å². The van der Waals surface area contributed by atoms with Gasteiger partial charge in [0.1, 0.15) is 0 Å². The number of amides is 1. The van der Waals surface area contributed by atoms with Gasteiger partial charge in [-0.05, 0) is 49.6 Å². The maximum Gasteiger partial charge on any atom is 0.416 e. The van der Waals surface area contributed by atoms with Gasteiger partial charge in [0.05, 0.1) is 5.56 Å². The van der Waals surface area contributed by atoms with Crippen molar-refractivity contribution >= 4 is 5.91 Å². The molecule has 0 spiro atoms. The second kappa shape index (κ2) is 5.33. The van der Waals surface area contributed by atoms with Gasteiger partial charge in [0.25, 0.3) is 5.91 Å². The summed E-state index contributed by atoms with van der Waals surface area (Å²) in [5.41, 5.74) is -0.405. The predicted molar refractivity (Wildman–Crippen MR) is 71.9 cm³/mol. The van der Waals surface area contributed by atoms with E-state index in [1.165, 1.54) is 12.1 Å². The van der Waals surface area contributed by atoms with E-state index in [0.717, 1.165) is 31.5 Å². The van der Waals surface area contributed by atoms with Crippen LogP contribution in [-0.4, -0.2) is 36.5 Å². The summed E-state index contributed by atoms with van der Waals surface area (Å²) in [6, 6.07) is 4.79. The Bertz CT molecular complexity index is 513. The van der Waals surface area contributed by atoms with E-state index < -0.39 is 11.7 Å². The molecule has 0 unspecified atom stereocenters. The first-order chi connectivity index (χ1) is 9.95. The molecule has 1 aromatic rings. The van der Waals surface area contributed by atoms with E-state index in [4.69, 9.17) is 0 Å². The third-order valence-electron chi connectivity index (χ3n) is 4.35. The van der Waals surface area contributed by atoms with Crippen molar-refractivity contribution in [2.75, 3.05) is 19.6 Å². The van der Waals surface area contributed by atoms with Gasteiger partial charge in [-0.2, -0.15) is 13.2 Å². The molecule has 3 rings (SSSR count). The molecule has 2 heterocycles. The van der Waals surface area contributed by atoms with Crippen LogP contribution in [0.15, 0.2) is 24.3 Å². The number of alkyl halides is 3. The molecular weight excluding hydrogens is 281 g/mol. The van der Waals surface area contributed by atoms with Crippen LogP contribution in [-0.2, 0) is 6.18 Å². The smallest absolute Gasteiger partial charge is 0.337 e. The highest BCUT2D eigenvalue weighted by atomic mass is 19.4. The van der Waals surface area contributed by atoms with Gasteiger partial charge in [-0.3, -0.25) is 4.79 Å². The first kappa shape index (κ1) is 14.4. The summed E-state index contributed by atoms with van der Waals surface area (Å²) in [5.74, 6) is 0.289. The van der Waals surface area contributed by atoms with E-state index in [-0.39, 0.29) is 5.91 Å². The number of nitrogens with zero attached hydrogens (tertiary/aromatic N) is 1. The monoisotopic (exact) mass is 298 g/mol. The van der Waals surface area contributed by atoms with E-state index in [2.05, 4.69) is 5.32 Å². The Labute approximate surface area is 121 Å². The second-order valence-electron chi connectivity index (χ2n) is 5.75. The number of carbonyl (C=O) groups excluding carboxylic acids is 1. The van der Waals surface area contributed by atoms with E-state index >= 15 is 0 Å². The molecule has 0 aromatic heterocycles. The molecule has 0 bridgehead atoms. The lowest BCUT2D eigenvalue weighted by Gasteiger charge is -2.24. The van der Waals surface area contributed by atoms with E-state index in [0.29, 0.717) is 30.6 Å². The molecule has 0 saturated carbocycles. The summed E-state index contributed by atoms with van der Waals surface area (Å²) in [6.07, 6.45) is -2.15. The molecule has 2 aliphatic heterocycles. The number of rotatable bonds is 1. The predicted octanol–water partition coefficient (Wildman–Crippen LogP) is 2.53. The maximum absolute atomic E-state index is 12.5. The highest BCUT2D eigenvalue weighted by Crippen LogP contribution is 2.30. The Kier molecular flexibility index (Phi) is 3.65. The second-order valence-corrected chi connectivity index (χ2v) is 5.75. The molecule has 0 radical (unpaired) electrons. The molecule has 2 fully saturated rings. The molecule has 0 aliphatic carbocycles. The number of benzene rings is 1. The zero-order valence-electron chi connectivity index (χ0n) is 11.5. The number of piperidine rings is 1. The molecule has 2 aliphatic rings. The van der Waals surface area contributed by atoms with Crippen LogP contribution in [0.25, 0.3) is 0 Å². The normalized spacial score (nSPS) is 25.8. The Morgan fingerprint density at radius 3 is 2.52 bits per heavy atom. The van der Waals surface area contributed by atoms with Crippen LogP contribution in [0, 0.1) is 5.92 Å². The molecule has 21 heavy (non-hydrogen) atoms. The summed E-state index contributed by atoms with van der Waals surface area (Å²) in [4.78, 5) is 14.1. The van der Waals surface area contributed by atoms with Gasteiger partial charge >= 0.3 is 6.18 Å². The van der Waals surface area contributed by atoms with Crippen molar-refractivity contribution in [3.05, 3.63) is 35.4 Å². The maximum atomic E-state index is 12.5. The lowest BCUT2D eigenvalue weighted by atomic mass is 9.94. The molecule has 114 valence electrons. The minimum absolute atomic E-state index is 0.181. The fraction of sp³-hybridized carbons (Fsp3) is 0.533. The minimum Gasteiger partial charge on any atom is -0.337 e. The average molecular weight is 298 g/mol. The number of nitrogens with one attached hydrogen (secondary N) is 1. The summed E-state index contributed by atoms with van der Waals surface area (Å²) in [7, 11) is 0. The quantitative estimate of drug-likeness (QED) is 0.864. The number of carbonyl (C=O) groups is 1. The average Bonchev–Trinajstić information content (AvgIpc) is 2.89. The Balaban J connectivity index is 1.71. The van der Waals surface area contributed by atoms with Crippen LogP contribution < -0.4 is 5.32 Å². The minimum atomic E-state index is -4.37. The summed E-state index contributed by atoms with van der Waals surface area (Å²) in [6.45, 7) is 2.31. The van der Waals surface area contributed by atoms with E-state index in [1.54, 1.807) is 4.90 Å². The SMILES string of the molecule is O=C(c1ccc(C(F)(F)F)cc1)N1C[C@@H]2CCCN[C@@H]2C1. The van der Waals surface area contributed by atoms with Crippen LogP contribution in [0.5, 0.6) is 0 Å². The first-order valence-corrected chi connectivity index (χ1v) is 7.15. The number of likely N-dealkylation sites (tertiary alicyclic amines) is 1. The topological polar surface area (TPSA) is 32.3 Å². The molecule has 2 atom stereocenters. The molecule has 1 N–H and O–H groups in total. The Hall–Kier alpha value is -1.56. The molecule has 1 amide bonds. The van der Waals surface area contributed by atoms with Gasteiger partial charge in [0, 0.05) is 24.7 Å². The first-order valence-electron chi connectivity index (χ1n) is 7.15. The largest absolute Gasteiger partial charge is 0.416 e. The zero-order valence-corrected chi connectivity index (χ0v) is 11.5. The third-order valence-corrected chi connectivity index (χ3v) is 4.35. The van der Waals surface area contributed by atoms with Crippen molar-refractivity contribution in [3.63, 3.8) is 0 Å². The highest BCUT2D eigenvalue weighted by Gasteiger charge is 2.37. The van der Waals surface area contributed by atoms with E-state index in [9.17, 15) is 18.0 Å². The standard InChI is InChI=1S/C15H17F3N2O/c16-15(17,18)12-5-3-10(4-6-12)14(21)20-8-11-2-1-7-19-13(11)9-20/h3-6,11,13,19H,1-2,7-9H2/t11-,13+/m0/s1. The van der Waals surface area contributed by atoms with Crippen LogP contribution in [0.2, 0.25) is 0 Å². The van der Waals surface area contributed by atoms with Crippen molar-refractivity contribution < 1.29 is 18.0 Å². The number of fused-ring (bicyclic) bond motifs is 1. The molecule has 3 nitrogen and oxygen atoms in total. The highest BCUT2D eigenvalue weighted by molar-refractivity contribution is 5.94. The van der Waals surface area contributed by atoms with Crippen LogP contribution in [0.4, 0.5) is 13.2 Å². The summed E-state index contributed by atoms with van der Waals surface area (Å²) < 4.78 is 37.6. The van der Waals surface area contributed by atoms with Gasteiger partial charge in [-0.1, -0.05) is 0 Å². The lowest BCUT2D eigenvalue weighted by Crippen LogP contribution is -2.41. The fourth-order valence-corrected chi connectivity index (χ4v) is 3.20. The lowest BCUT2D eigenvalue weighted by molar-refractivity contribution is -0.137. The number of hydrogen-bond acceptors (Lipinski definition) is 2. The van der Waals surface area contributed by atoms with Crippen LogP contribution >= 0.6 is 0 Å². The molecule has 1 aromatic carbocycles. The van der Waals surface area contributed by atoms with Gasteiger partial charge in [-0.15, -0.1) is 0 Å². The van der Waals surface area contributed by atoms with Crippen molar-refractivity contribution in [1.29, 1.82) is 0 Å². The molecular formula is C15H17F3N2O. The van der Waals surface area contributed by atoms with E-state index in [1.807, 2.05) is 0 Å². The third kappa shape index (κ3) is 2.90.